The first-order chi connectivity index (χ1) is 13.9. The first kappa shape index (κ1) is 18.5. The molecule has 0 fully saturated rings. The van der Waals surface area contributed by atoms with E-state index in [9.17, 15) is 14.0 Å². The van der Waals surface area contributed by atoms with Gasteiger partial charge in [0.15, 0.2) is 5.78 Å². The molecule has 0 amide bonds. The van der Waals surface area contributed by atoms with Gasteiger partial charge < -0.3 is 9.26 Å². The highest BCUT2D eigenvalue weighted by molar-refractivity contribution is 6.09. The van der Waals surface area contributed by atoms with Crippen LogP contribution in [0.15, 0.2) is 59.1 Å². The predicted octanol–water partition coefficient (Wildman–Crippen LogP) is 4.43. The van der Waals surface area contributed by atoms with E-state index < -0.39 is 11.8 Å². The Morgan fingerprint density at radius 1 is 0.966 bits per heavy atom. The minimum atomic E-state index is -0.579. The second-order valence-electron chi connectivity index (χ2n) is 6.51. The van der Waals surface area contributed by atoms with E-state index in [1.54, 1.807) is 32.0 Å². The summed E-state index contributed by atoms with van der Waals surface area (Å²) in [5.41, 5.74) is 2.48. The van der Waals surface area contributed by atoms with Crippen LogP contribution in [0, 0.1) is 19.7 Å². The molecule has 0 N–H and O–H groups in total. The van der Waals surface area contributed by atoms with E-state index in [2.05, 4.69) is 10.1 Å². The summed E-state index contributed by atoms with van der Waals surface area (Å²) < 4.78 is 23.6. The molecular weight excluding hydrogens is 375 g/mol. The molecule has 0 unspecified atom stereocenters. The molecule has 4 aromatic rings. The highest BCUT2D eigenvalue weighted by Gasteiger charge is 2.19. The molecular formula is C22H15FN2O4. The lowest BCUT2D eigenvalue weighted by molar-refractivity contribution is 0.0736. The summed E-state index contributed by atoms with van der Waals surface area (Å²) in [5, 5.41) is 4.35. The first-order valence-corrected chi connectivity index (χ1v) is 8.78. The highest BCUT2D eigenvalue weighted by atomic mass is 19.1. The summed E-state index contributed by atoms with van der Waals surface area (Å²) in [7, 11) is 0. The van der Waals surface area contributed by atoms with Crippen LogP contribution >= 0.6 is 0 Å². The Balaban J connectivity index is 1.56. The molecule has 29 heavy (non-hydrogen) atoms. The van der Waals surface area contributed by atoms with Crippen molar-refractivity contribution >= 4 is 22.9 Å². The number of aryl methyl sites for hydroxylation is 2. The van der Waals surface area contributed by atoms with Gasteiger partial charge in [-0.25, -0.2) is 14.2 Å². The Hall–Kier alpha value is -3.87. The zero-order valence-corrected chi connectivity index (χ0v) is 15.6. The fourth-order valence-corrected chi connectivity index (χ4v) is 2.98. The lowest BCUT2D eigenvalue weighted by Crippen LogP contribution is -2.10. The number of hydrogen-bond donors (Lipinski definition) is 0. The number of hydrogen-bond acceptors (Lipinski definition) is 6. The van der Waals surface area contributed by atoms with Gasteiger partial charge in [-0.05, 0) is 68.4 Å². The van der Waals surface area contributed by atoms with E-state index in [-0.39, 0.29) is 17.2 Å². The van der Waals surface area contributed by atoms with Crippen LogP contribution in [-0.4, -0.2) is 21.9 Å². The van der Waals surface area contributed by atoms with Gasteiger partial charge in [0.05, 0.1) is 16.6 Å². The van der Waals surface area contributed by atoms with E-state index in [0.717, 1.165) is 0 Å². The minimum Gasteiger partial charge on any atom is -0.423 e. The van der Waals surface area contributed by atoms with Crippen LogP contribution in [-0.2, 0) is 0 Å². The molecule has 2 aromatic heterocycles. The summed E-state index contributed by atoms with van der Waals surface area (Å²) in [6.45, 7) is 3.46. The van der Waals surface area contributed by atoms with Crippen molar-refractivity contribution in [3.63, 3.8) is 0 Å². The van der Waals surface area contributed by atoms with Gasteiger partial charge in [0.25, 0.3) is 5.71 Å². The van der Waals surface area contributed by atoms with Crippen LogP contribution < -0.4 is 4.74 Å². The van der Waals surface area contributed by atoms with Crippen molar-refractivity contribution in [1.82, 2.24) is 10.1 Å². The number of rotatable bonds is 4. The van der Waals surface area contributed by atoms with Gasteiger partial charge in [-0.1, -0.05) is 5.16 Å². The van der Waals surface area contributed by atoms with Crippen molar-refractivity contribution in [1.29, 1.82) is 0 Å². The maximum absolute atomic E-state index is 13.0. The molecule has 0 saturated carbocycles. The molecule has 0 radical (unpaired) electrons. The molecule has 144 valence electrons. The van der Waals surface area contributed by atoms with Crippen LogP contribution in [0.3, 0.4) is 0 Å². The molecule has 0 aliphatic rings. The van der Waals surface area contributed by atoms with Crippen molar-refractivity contribution in [3.8, 4) is 5.75 Å². The van der Waals surface area contributed by atoms with Crippen molar-refractivity contribution < 1.29 is 23.2 Å². The van der Waals surface area contributed by atoms with Crippen molar-refractivity contribution in [2.24, 2.45) is 0 Å². The third kappa shape index (κ3) is 3.62. The molecule has 0 aliphatic carbocycles. The molecule has 7 heteroatoms. The molecule has 6 nitrogen and oxygen atoms in total. The topological polar surface area (TPSA) is 82.3 Å². The highest BCUT2D eigenvalue weighted by Crippen LogP contribution is 2.24. The lowest BCUT2D eigenvalue weighted by atomic mass is 10.0. The Kier molecular flexibility index (Phi) is 4.64. The Labute approximate surface area is 164 Å². The van der Waals surface area contributed by atoms with Crippen LogP contribution in [0.25, 0.3) is 11.1 Å². The van der Waals surface area contributed by atoms with Crippen molar-refractivity contribution in [2.45, 2.75) is 13.8 Å². The molecule has 0 aliphatic heterocycles. The van der Waals surface area contributed by atoms with Gasteiger partial charge >= 0.3 is 5.97 Å². The maximum Gasteiger partial charge on any atom is 0.344 e. The number of ether oxygens (including phenoxy) is 1. The Morgan fingerprint density at radius 2 is 1.59 bits per heavy atom. The fraction of sp³-hybridized carbons (Fsp3) is 0.0909. The van der Waals surface area contributed by atoms with Gasteiger partial charge in [-0.3, -0.25) is 4.79 Å². The van der Waals surface area contributed by atoms with E-state index in [1.807, 2.05) is 0 Å². The zero-order chi connectivity index (χ0) is 20.5. The van der Waals surface area contributed by atoms with Crippen LogP contribution in [0.2, 0.25) is 0 Å². The number of carbonyl (C=O) groups excluding carboxylic acids is 2. The number of aromatic nitrogens is 2. The van der Waals surface area contributed by atoms with E-state index >= 15 is 0 Å². The number of nitrogens with zero attached hydrogens (tertiary/aromatic N) is 2. The van der Waals surface area contributed by atoms with E-state index in [4.69, 9.17) is 9.26 Å². The Morgan fingerprint density at radius 3 is 2.24 bits per heavy atom. The van der Waals surface area contributed by atoms with Gasteiger partial charge in [0, 0.05) is 16.8 Å². The fourth-order valence-electron chi connectivity index (χ4n) is 2.98. The minimum absolute atomic E-state index is 0.255. The number of halogens is 1. The van der Waals surface area contributed by atoms with Crippen LogP contribution in [0.4, 0.5) is 4.39 Å². The normalized spacial score (nSPS) is 10.9. The van der Waals surface area contributed by atoms with Crippen molar-refractivity contribution in [3.05, 3.63) is 88.5 Å². The molecule has 2 heterocycles. The predicted molar refractivity (Wildman–Crippen MR) is 103 cm³/mol. The van der Waals surface area contributed by atoms with Crippen LogP contribution in [0.5, 0.6) is 5.75 Å². The third-order valence-electron chi connectivity index (χ3n) is 4.40. The maximum atomic E-state index is 13.0. The summed E-state index contributed by atoms with van der Waals surface area (Å²) in [4.78, 5) is 29.3. The van der Waals surface area contributed by atoms with Gasteiger partial charge in [0.1, 0.15) is 11.6 Å². The summed E-state index contributed by atoms with van der Waals surface area (Å²) >= 11 is 0. The molecule has 0 saturated heterocycles. The van der Waals surface area contributed by atoms with Crippen molar-refractivity contribution in [2.75, 3.05) is 0 Å². The summed E-state index contributed by atoms with van der Waals surface area (Å²) in [5.74, 6) is -0.964. The average molecular weight is 390 g/mol. The van der Waals surface area contributed by atoms with E-state index in [0.29, 0.717) is 33.5 Å². The van der Waals surface area contributed by atoms with Gasteiger partial charge in [0.2, 0.25) is 0 Å². The molecule has 0 atom stereocenters. The third-order valence-corrected chi connectivity index (χ3v) is 4.40. The van der Waals surface area contributed by atoms with Crippen LogP contribution in [0.1, 0.15) is 37.7 Å². The van der Waals surface area contributed by atoms with Gasteiger partial charge in [-0.15, -0.1) is 0 Å². The summed E-state index contributed by atoms with van der Waals surface area (Å²) in [6, 6.07) is 13.1. The number of fused-ring (bicyclic) bond motifs is 1. The van der Waals surface area contributed by atoms with E-state index in [1.165, 1.54) is 36.4 Å². The molecule has 4 rings (SSSR count). The molecule has 0 spiro atoms. The number of esters is 1. The molecule has 0 bridgehead atoms. The lowest BCUT2D eigenvalue weighted by Gasteiger charge is -2.07. The SMILES string of the molecule is Cc1cc(C(=O)Oc2ccc(C(=O)c3ccc(F)cc3)cc2)c2c(C)noc2n1. The summed E-state index contributed by atoms with van der Waals surface area (Å²) in [6.07, 6.45) is 0. The van der Waals surface area contributed by atoms with Gasteiger partial charge in [-0.2, -0.15) is 0 Å². The number of carbonyl (C=O) groups is 2. The standard InChI is InChI=1S/C22H15FN2O4/c1-12-11-18(19-13(2)25-29-21(19)24-12)22(27)28-17-9-5-15(6-10-17)20(26)14-3-7-16(23)8-4-14/h3-11H,1-2H3. The largest absolute Gasteiger partial charge is 0.423 e. The number of ketones is 1. The quantitative estimate of drug-likeness (QED) is 0.291. The Bertz CT molecular complexity index is 1230. The second kappa shape index (κ2) is 7.27. The number of benzene rings is 2. The monoisotopic (exact) mass is 390 g/mol. The first-order valence-electron chi connectivity index (χ1n) is 8.78. The average Bonchev–Trinajstić information content (AvgIpc) is 3.08. The molecule has 2 aromatic carbocycles. The zero-order valence-electron chi connectivity index (χ0n) is 15.6. The smallest absolute Gasteiger partial charge is 0.344 e. The number of pyridine rings is 1. The second-order valence-corrected chi connectivity index (χ2v) is 6.51.